The van der Waals surface area contributed by atoms with Crippen LogP contribution in [0.4, 0.5) is 0 Å². The van der Waals surface area contributed by atoms with E-state index in [-0.39, 0.29) is 10.8 Å². The van der Waals surface area contributed by atoms with E-state index < -0.39 is 10.0 Å². The van der Waals surface area contributed by atoms with Gasteiger partial charge < -0.3 is 4.74 Å². The average molecular weight is 515 g/mol. The molecule has 0 aromatic heterocycles. The summed E-state index contributed by atoms with van der Waals surface area (Å²) in [5.74, 6) is 0.769. The molecular formula is C29H23ClN2O3S. The van der Waals surface area contributed by atoms with Crippen molar-refractivity contribution in [1.82, 2.24) is 4.31 Å². The van der Waals surface area contributed by atoms with Gasteiger partial charge >= 0.3 is 0 Å². The molecule has 0 saturated carbocycles. The van der Waals surface area contributed by atoms with Crippen LogP contribution in [0.15, 0.2) is 119 Å². The van der Waals surface area contributed by atoms with Crippen molar-refractivity contribution in [1.29, 1.82) is 0 Å². The molecule has 1 aliphatic rings. The third kappa shape index (κ3) is 4.53. The minimum Gasteiger partial charge on any atom is -0.436 e. The van der Waals surface area contributed by atoms with Crippen molar-refractivity contribution in [2.45, 2.75) is 11.8 Å². The molecule has 0 saturated heterocycles. The highest BCUT2D eigenvalue weighted by Gasteiger charge is 2.30. The molecule has 4 aromatic carbocycles. The molecule has 36 heavy (non-hydrogen) atoms. The van der Waals surface area contributed by atoms with Crippen molar-refractivity contribution in [2.75, 3.05) is 7.05 Å². The first-order valence-corrected chi connectivity index (χ1v) is 13.1. The van der Waals surface area contributed by atoms with Crippen LogP contribution in [0.25, 0.3) is 5.70 Å². The highest BCUT2D eigenvalue weighted by atomic mass is 35.5. The predicted molar refractivity (Wildman–Crippen MR) is 144 cm³/mol. The smallest absolute Gasteiger partial charge is 0.264 e. The second-order valence-corrected chi connectivity index (χ2v) is 10.8. The Morgan fingerprint density at radius 3 is 2.17 bits per heavy atom. The zero-order chi connectivity index (χ0) is 25.3. The molecule has 4 aromatic rings. The monoisotopic (exact) mass is 514 g/mol. The van der Waals surface area contributed by atoms with E-state index in [4.69, 9.17) is 21.3 Å². The molecule has 1 heterocycles. The Kier molecular flexibility index (Phi) is 6.39. The van der Waals surface area contributed by atoms with Gasteiger partial charge in [0.05, 0.1) is 10.6 Å². The summed E-state index contributed by atoms with van der Waals surface area (Å²) in [5.41, 5.74) is 4.27. The van der Waals surface area contributed by atoms with Crippen LogP contribution in [0.5, 0.6) is 5.75 Å². The summed E-state index contributed by atoms with van der Waals surface area (Å²) in [5, 5.41) is 0.615. The van der Waals surface area contributed by atoms with Crippen molar-refractivity contribution < 1.29 is 13.2 Å². The maximum absolute atomic E-state index is 13.7. The average Bonchev–Trinajstić information content (AvgIpc) is 2.90. The second-order valence-electron chi connectivity index (χ2n) is 8.37. The van der Waals surface area contributed by atoms with Gasteiger partial charge in [0.15, 0.2) is 0 Å². The summed E-state index contributed by atoms with van der Waals surface area (Å²) in [6.07, 6.45) is 0. The normalized spacial score (nSPS) is 14.4. The molecule has 0 atom stereocenters. The molecule has 0 aliphatic carbocycles. The molecule has 0 radical (unpaired) electrons. The van der Waals surface area contributed by atoms with E-state index in [9.17, 15) is 8.42 Å². The van der Waals surface area contributed by atoms with Crippen LogP contribution in [0, 0.1) is 6.92 Å². The van der Waals surface area contributed by atoms with Gasteiger partial charge in [-0.15, -0.1) is 0 Å². The van der Waals surface area contributed by atoms with Crippen molar-refractivity contribution in [3.8, 4) is 5.75 Å². The van der Waals surface area contributed by atoms with Gasteiger partial charge in [-0.1, -0.05) is 83.9 Å². The Morgan fingerprint density at radius 1 is 0.833 bits per heavy atom. The first-order chi connectivity index (χ1) is 17.3. The van der Waals surface area contributed by atoms with Gasteiger partial charge in [-0.25, -0.2) is 13.4 Å². The highest BCUT2D eigenvalue weighted by molar-refractivity contribution is 7.89. The molecule has 0 spiro atoms. The fourth-order valence-electron chi connectivity index (χ4n) is 3.99. The summed E-state index contributed by atoms with van der Waals surface area (Å²) < 4.78 is 34.9. The zero-order valence-corrected chi connectivity index (χ0v) is 21.3. The third-order valence-corrected chi connectivity index (χ3v) is 7.95. The van der Waals surface area contributed by atoms with Crippen LogP contribution >= 0.6 is 11.6 Å². The fraction of sp³-hybridized carbons (Fsp3) is 0.0690. The quantitative estimate of drug-likeness (QED) is 0.304. The first-order valence-electron chi connectivity index (χ1n) is 11.3. The van der Waals surface area contributed by atoms with Gasteiger partial charge in [-0.2, -0.15) is 0 Å². The van der Waals surface area contributed by atoms with Gasteiger partial charge in [-0.3, -0.25) is 4.31 Å². The van der Waals surface area contributed by atoms with Crippen LogP contribution in [0.2, 0.25) is 5.02 Å². The molecule has 180 valence electrons. The number of rotatable bonds is 5. The minimum atomic E-state index is -3.91. The lowest BCUT2D eigenvalue weighted by molar-refractivity contribution is 0.408. The predicted octanol–water partition coefficient (Wildman–Crippen LogP) is 6.53. The van der Waals surface area contributed by atoms with E-state index in [2.05, 4.69) is 0 Å². The molecule has 5 nitrogen and oxygen atoms in total. The molecule has 1 aliphatic heterocycles. The van der Waals surface area contributed by atoms with Crippen LogP contribution < -0.4 is 4.74 Å². The molecule has 0 amide bonds. The van der Waals surface area contributed by atoms with Crippen molar-refractivity contribution in [2.24, 2.45) is 4.99 Å². The standard InChI is InChI=1S/C29H23ClN2O3S/c1-20-12-18-24(19-13-20)36(33,34)32(2)28(22-8-4-3-5-9-22)29-31-27(21-14-16-23(30)17-15-21)25-10-6-7-11-26(25)35-29/h3-19H,1-2H3/b29-28-. The summed E-state index contributed by atoms with van der Waals surface area (Å²) in [6, 6.07) is 30.9. The number of hydrogen-bond donors (Lipinski definition) is 0. The molecule has 0 unspecified atom stereocenters. The topological polar surface area (TPSA) is 59.0 Å². The number of benzene rings is 4. The van der Waals surface area contributed by atoms with Gasteiger partial charge in [0.1, 0.15) is 11.4 Å². The number of halogens is 1. The van der Waals surface area contributed by atoms with Crippen LogP contribution in [-0.2, 0) is 10.0 Å². The van der Waals surface area contributed by atoms with Gasteiger partial charge in [-0.05, 0) is 43.3 Å². The lowest BCUT2D eigenvalue weighted by atomic mass is 10.0. The van der Waals surface area contributed by atoms with E-state index in [1.54, 1.807) is 36.4 Å². The number of ether oxygens (including phenoxy) is 1. The van der Waals surface area contributed by atoms with Gasteiger partial charge in [0.25, 0.3) is 10.0 Å². The van der Waals surface area contributed by atoms with E-state index in [0.29, 0.717) is 27.7 Å². The Balaban J connectivity index is 1.74. The Hall–Kier alpha value is -3.87. The van der Waals surface area contributed by atoms with E-state index in [1.165, 1.54) is 11.4 Å². The number of aryl methyl sites for hydroxylation is 1. The SMILES string of the molecule is Cc1ccc(S(=O)(=O)N(C)/C(=C2/N=C(c3ccc(Cl)cc3)c3ccccc3O2)c2ccccc2)cc1. The molecule has 0 fully saturated rings. The Labute approximate surface area is 216 Å². The summed E-state index contributed by atoms with van der Waals surface area (Å²) in [4.78, 5) is 5.05. The van der Waals surface area contributed by atoms with Gasteiger partial charge in [0, 0.05) is 28.8 Å². The molecule has 5 rings (SSSR count). The molecule has 0 N–H and O–H groups in total. The number of nitrogens with zero attached hydrogens (tertiary/aromatic N) is 2. The van der Waals surface area contributed by atoms with Crippen molar-refractivity contribution in [3.05, 3.63) is 136 Å². The maximum Gasteiger partial charge on any atom is 0.264 e. The van der Waals surface area contributed by atoms with Crippen molar-refractivity contribution in [3.63, 3.8) is 0 Å². The second kappa shape index (κ2) is 9.64. The van der Waals surface area contributed by atoms with Crippen LogP contribution in [0.1, 0.15) is 22.3 Å². The summed E-state index contributed by atoms with van der Waals surface area (Å²) in [7, 11) is -2.39. The number of fused-ring (bicyclic) bond motifs is 1. The molecule has 0 bridgehead atoms. The Morgan fingerprint density at radius 2 is 1.47 bits per heavy atom. The van der Waals surface area contributed by atoms with E-state index >= 15 is 0 Å². The largest absolute Gasteiger partial charge is 0.436 e. The van der Waals surface area contributed by atoms with Crippen molar-refractivity contribution >= 4 is 33.0 Å². The Bertz CT molecular complexity index is 1580. The summed E-state index contributed by atoms with van der Waals surface area (Å²) in [6.45, 7) is 1.91. The maximum atomic E-state index is 13.7. The van der Waals surface area contributed by atoms with Crippen LogP contribution in [-0.4, -0.2) is 25.5 Å². The zero-order valence-electron chi connectivity index (χ0n) is 19.7. The minimum absolute atomic E-state index is 0.183. The third-order valence-electron chi connectivity index (χ3n) is 5.92. The fourth-order valence-corrected chi connectivity index (χ4v) is 5.34. The van der Waals surface area contributed by atoms with Gasteiger partial charge in [0.2, 0.25) is 5.88 Å². The van der Waals surface area contributed by atoms with E-state index in [1.807, 2.05) is 73.7 Å². The number of sulfonamides is 1. The number of aliphatic imine (C=N–C) groups is 1. The summed E-state index contributed by atoms with van der Waals surface area (Å²) >= 11 is 6.12. The molecular weight excluding hydrogens is 492 g/mol. The van der Waals surface area contributed by atoms with Crippen LogP contribution in [0.3, 0.4) is 0 Å². The van der Waals surface area contributed by atoms with E-state index in [0.717, 1.165) is 16.7 Å². The lowest BCUT2D eigenvalue weighted by Crippen LogP contribution is -2.28. The highest BCUT2D eigenvalue weighted by Crippen LogP contribution is 2.35. The number of para-hydroxylation sites is 1. The number of hydrogen-bond acceptors (Lipinski definition) is 4. The molecule has 7 heteroatoms. The first kappa shape index (κ1) is 23.9. The lowest BCUT2D eigenvalue weighted by Gasteiger charge is -2.27.